The number of nitrogens with zero attached hydrogens (tertiary/aromatic N) is 4. The highest BCUT2D eigenvalue weighted by Crippen LogP contribution is 2.25. The molecule has 1 aliphatic heterocycles. The molecular weight excluding hydrogens is 378 g/mol. The average Bonchev–Trinajstić information content (AvgIpc) is 3.26. The van der Waals surface area contributed by atoms with Crippen LogP contribution in [0.15, 0.2) is 41.5 Å². The SMILES string of the molecule is CC(CNc1ncc2c(=O)ccn(-c3ccc4c(c3)CCC4)c2n1)N1CCOCC1. The molecule has 7 heteroatoms. The van der Waals surface area contributed by atoms with Gasteiger partial charge in [0.25, 0.3) is 0 Å². The molecule has 30 heavy (non-hydrogen) atoms. The monoisotopic (exact) mass is 405 g/mol. The van der Waals surface area contributed by atoms with E-state index in [1.807, 2.05) is 10.8 Å². The third kappa shape index (κ3) is 3.70. The zero-order valence-corrected chi connectivity index (χ0v) is 17.3. The summed E-state index contributed by atoms with van der Waals surface area (Å²) in [5.74, 6) is 0.545. The number of nitrogens with one attached hydrogen (secondary N) is 1. The molecule has 2 aliphatic rings. The number of aryl methyl sites for hydroxylation is 2. The Balaban J connectivity index is 1.44. The number of hydrogen-bond acceptors (Lipinski definition) is 6. The summed E-state index contributed by atoms with van der Waals surface area (Å²) < 4.78 is 7.43. The summed E-state index contributed by atoms with van der Waals surface area (Å²) in [5.41, 5.74) is 4.43. The van der Waals surface area contributed by atoms with Gasteiger partial charge in [-0.05, 0) is 49.4 Å². The second kappa shape index (κ2) is 8.16. The van der Waals surface area contributed by atoms with Crippen LogP contribution in [0.3, 0.4) is 0 Å². The highest BCUT2D eigenvalue weighted by atomic mass is 16.5. The molecule has 0 bridgehead atoms. The van der Waals surface area contributed by atoms with Crippen LogP contribution >= 0.6 is 0 Å². The smallest absolute Gasteiger partial charge is 0.224 e. The van der Waals surface area contributed by atoms with Crippen LogP contribution in [0.1, 0.15) is 24.5 Å². The van der Waals surface area contributed by atoms with Crippen LogP contribution in [0.25, 0.3) is 16.7 Å². The zero-order valence-electron chi connectivity index (χ0n) is 17.3. The average molecular weight is 406 g/mol. The van der Waals surface area contributed by atoms with E-state index in [0.717, 1.165) is 51.4 Å². The standard InChI is InChI=1S/C23H27N5O2/c1-16(27-9-11-30-12-10-27)14-24-23-25-15-20-21(29)7-8-28(22(20)26-23)19-6-5-17-3-2-4-18(17)13-19/h5-8,13,15-16H,2-4,9-12,14H2,1H3,(H,24,25,26). The number of benzene rings is 1. The normalized spacial score (nSPS) is 17.8. The third-order valence-corrected chi connectivity index (χ3v) is 6.22. The summed E-state index contributed by atoms with van der Waals surface area (Å²) in [6.45, 7) is 6.38. The molecule has 156 valence electrons. The molecule has 0 radical (unpaired) electrons. The minimum absolute atomic E-state index is 0.0596. The van der Waals surface area contributed by atoms with Gasteiger partial charge in [0.2, 0.25) is 5.95 Å². The van der Waals surface area contributed by atoms with Gasteiger partial charge in [-0.25, -0.2) is 4.98 Å². The number of ether oxygens (including phenoxy) is 1. The van der Waals surface area contributed by atoms with Crippen molar-refractivity contribution in [3.8, 4) is 5.69 Å². The maximum Gasteiger partial charge on any atom is 0.224 e. The van der Waals surface area contributed by atoms with Gasteiger partial charge in [-0.3, -0.25) is 9.69 Å². The van der Waals surface area contributed by atoms with E-state index in [1.165, 1.54) is 17.5 Å². The van der Waals surface area contributed by atoms with Crippen molar-refractivity contribution in [2.24, 2.45) is 0 Å². The fourth-order valence-electron chi connectivity index (χ4n) is 4.42. The fraction of sp³-hybridized carbons (Fsp3) is 0.435. The zero-order chi connectivity index (χ0) is 20.5. The summed E-state index contributed by atoms with van der Waals surface area (Å²) in [6, 6.07) is 8.48. The van der Waals surface area contributed by atoms with Gasteiger partial charge in [-0.15, -0.1) is 0 Å². The van der Waals surface area contributed by atoms with Crippen molar-refractivity contribution in [1.82, 2.24) is 19.4 Å². The molecule has 1 N–H and O–H groups in total. The Hall–Kier alpha value is -2.77. The van der Waals surface area contributed by atoms with Crippen LogP contribution in [-0.4, -0.2) is 58.3 Å². The van der Waals surface area contributed by atoms with E-state index in [1.54, 1.807) is 12.3 Å². The number of morpholine rings is 1. The molecular formula is C23H27N5O2. The number of hydrogen-bond donors (Lipinski definition) is 1. The summed E-state index contributed by atoms with van der Waals surface area (Å²) >= 11 is 0. The van der Waals surface area contributed by atoms with E-state index in [2.05, 4.69) is 40.3 Å². The van der Waals surface area contributed by atoms with Crippen molar-refractivity contribution in [3.05, 3.63) is 58.0 Å². The van der Waals surface area contributed by atoms with Gasteiger partial charge >= 0.3 is 0 Å². The van der Waals surface area contributed by atoms with E-state index < -0.39 is 0 Å². The van der Waals surface area contributed by atoms with E-state index in [4.69, 9.17) is 9.72 Å². The third-order valence-electron chi connectivity index (χ3n) is 6.22. The molecule has 0 saturated carbocycles. The Kier molecular flexibility index (Phi) is 5.23. The van der Waals surface area contributed by atoms with E-state index in [-0.39, 0.29) is 5.43 Å². The van der Waals surface area contributed by atoms with Crippen LogP contribution in [0.2, 0.25) is 0 Å². The molecule has 0 spiro atoms. The molecule has 0 amide bonds. The Labute approximate surface area is 175 Å². The second-order valence-corrected chi connectivity index (χ2v) is 8.17. The molecule has 1 fully saturated rings. The lowest BCUT2D eigenvalue weighted by Gasteiger charge is -2.32. The predicted octanol–water partition coefficient (Wildman–Crippen LogP) is 2.40. The maximum absolute atomic E-state index is 12.4. The number of rotatable bonds is 5. The van der Waals surface area contributed by atoms with Gasteiger partial charge in [-0.1, -0.05) is 6.07 Å². The summed E-state index contributed by atoms with van der Waals surface area (Å²) in [4.78, 5) is 23.9. The van der Waals surface area contributed by atoms with Crippen LogP contribution in [0, 0.1) is 0 Å². The molecule has 5 rings (SSSR count). The first-order valence-corrected chi connectivity index (χ1v) is 10.8. The van der Waals surface area contributed by atoms with Crippen molar-refractivity contribution in [3.63, 3.8) is 0 Å². The molecule has 2 aromatic heterocycles. The van der Waals surface area contributed by atoms with E-state index >= 15 is 0 Å². The van der Waals surface area contributed by atoms with Crippen molar-refractivity contribution < 1.29 is 4.74 Å². The predicted molar refractivity (Wildman–Crippen MR) is 118 cm³/mol. The van der Waals surface area contributed by atoms with Crippen LogP contribution < -0.4 is 10.7 Å². The molecule has 1 atom stereocenters. The molecule has 3 heterocycles. The molecule has 7 nitrogen and oxygen atoms in total. The Morgan fingerprint density at radius 3 is 2.87 bits per heavy atom. The second-order valence-electron chi connectivity index (χ2n) is 8.17. The lowest BCUT2D eigenvalue weighted by Crippen LogP contribution is -2.45. The van der Waals surface area contributed by atoms with Crippen molar-refractivity contribution in [2.75, 3.05) is 38.2 Å². The van der Waals surface area contributed by atoms with Gasteiger partial charge in [0, 0.05) is 49.8 Å². The molecule has 1 unspecified atom stereocenters. The van der Waals surface area contributed by atoms with Gasteiger partial charge in [0.05, 0.1) is 18.6 Å². The topological polar surface area (TPSA) is 72.3 Å². The highest BCUT2D eigenvalue weighted by Gasteiger charge is 2.18. The fourth-order valence-corrected chi connectivity index (χ4v) is 4.42. The minimum atomic E-state index is -0.0596. The first-order chi connectivity index (χ1) is 14.7. The minimum Gasteiger partial charge on any atom is -0.379 e. The van der Waals surface area contributed by atoms with Crippen LogP contribution in [0.4, 0.5) is 5.95 Å². The summed E-state index contributed by atoms with van der Waals surface area (Å²) in [6.07, 6.45) is 6.92. The first kappa shape index (κ1) is 19.2. The Bertz CT molecular complexity index is 1120. The number of aromatic nitrogens is 3. The van der Waals surface area contributed by atoms with Crippen molar-refractivity contribution in [2.45, 2.75) is 32.2 Å². The van der Waals surface area contributed by atoms with Gasteiger partial charge < -0.3 is 14.6 Å². The van der Waals surface area contributed by atoms with Gasteiger partial charge in [0.15, 0.2) is 11.1 Å². The quantitative estimate of drug-likeness (QED) is 0.703. The molecule has 1 aliphatic carbocycles. The largest absolute Gasteiger partial charge is 0.379 e. The number of anilines is 1. The van der Waals surface area contributed by atoms with E-state index in [9.17, 15) is 4.79 Å². The Morgan fingerprint density at radius 2 is 2.00 bits per heavy atom. The summed E-state index contributed by atoms with van der Waals surface area (Å²) in [7, 11) is 0. The molecule has 3 aromatic rings. The highest BCUT2D eigenvalue weighted by molar-refractivity contribution is 5.77. The van der Waals surface area contributed by atoms with Crippen molar-refractivity contribution in [1.29, 1.82) is 0 Å². The van der Waals surface area contributed by atoms with Gasteiger partial charge in [-0.2, -0.15) is 4.98 Å². The van der Waals surface area contributed by atoms with Crippen LogP contribution in [0.5, 0.6) is 0 Å². The number of pyridine rings is 1. The summed E-state index contributed by atoms with van der Waals surface area (Å²) in [5, 5.41) is 3.89. The maximum atomic E-state index is 12.4. The Morgan fingerprint density at radius 1 is 1.17 bits per heavy atom. The molecule has 1 aromatic carbocycles. The molecule has 1 saturated heterocycles. The number of fused-ring (bicyclic) bond motifs is 2. The lowest BCUT2D eigenvalue weighted by atomic mass is 10.1. The van der Waals surface area contributed by atoms with Crippen molar-refractivity contribution >= 4 is 17.0 Å². The van der Waals surface area contributed by atoms with Crippen LogP contribution in [-0.2, 0) is 17.6 Å². The first-order valence-electron chi connectivity index (χ1n) is 10.8. The van der Waals surface area contributed by atoms with Gasteiger partial charge in [0.1, 0.15) is 0 Å². The van der Waals surface area contributed by atoms with E-state index in [0.29, 0.717) is 23.0 Å². The lowest BCUT2D eigenvalue weighted by molar-refractivity contribution is 0.0227.